The van der Waals surface area contributed by atoms with Crippen LogP contribution in [0.2, 0.25) is 5.02 Å². The Hall–Kier alpha value is -0.730. The maximum atomic E-state index is 10.6. The molecule has 106 valence electrons. The molecule has 1 aliphatic carbocycles. The van der Waals surface area contributed by atoms with Gasteiger partial charge in [-0.05, 0) is 36.5 Å². The zero-order valence-corrected chi connectivity index (χ0v) is 12.3. The Morgan fingerprint density at radius 2 is 1.79 bits per heavy atom. The van der Waals surface area contributed by atoms with E-state index in [-0.39, 0.29) is 0 Å². The smallest absolute Gasteiger partial charge is 0.137 e. The average molecular weight is 283 g/mol. The summed E-state index contributed by atoms with van der Waals surface area (Å²) in [6, 6.07) is 5.59. The fraction of sp³-hybridized carbons (Fsp3) is 0.625. The van der Waals surface area contributed by atoms with Gasteiger partial charge in [-0.3, -0.25) is 0 Å². The molecule has 0 amide bonds. The summed E-state index contributed by atoms with van der Waals surface area (Å²) in [7, 11) is 1.60. The minimum atomic E-state index is -0.399. The second-order valence-corrected chi connectivity index (χ2v) is 5.85. The van der Waals surface area contributed by atoms with Crippen molar-refractivity contribution in [3.63, 3.8) is 0 Å². The molecule has 0 saturated heterocycles. The molecule has 1 saturated carbocycles. The molecular weight excluding hydrogens is 260 g/mol. The number of rotatable bonds is 3. The Bertz CT molecular complexity index is 398. The van der Waals surface area contributed by atoms with Gasteiger partial charge in [-0.25, -0.2) is 0 Å². The highest BCUT2D eigenvalue weighted by molar-refractivity contribution is 6.32. The van der Waals surface area contributed by atoms with Crippen LogP contribution in [0.5, 0.6) is 5.75 Å². The molecule has 1 atom stereocenters. The van der Waals surface area contributed by atoms with E-state index in [1.54, 1.807) is 7.11 Å². The predicted octanol–water partition coefficient (Wildman–Crippen LogP) is 4.74. The lowest BCUT2D eigenvalue weighted by atomic mass is 9.84. The van der Waals surface area contributed by atoms with E-state index in [1.807, 2.05) is 18.2 Å². The normalized spacial score (nSPS) is 19.5. The summed E-state index contributed by atoms with van der Waals surface area (Å²) in [4.78, 5) is 0. The van der Waals surface area contributed by atoms with Crippen molar-refractivity contribution in [2.24, 2.45) is 5.92 Å². The van der Waals surface area contributed by atoms with Crippen molar-refractivity contribution in [2.75, 3.05) is 7.11 Å². The first-order chi connectivity index (χ1) is 9.22. The topological polar surface area (TPSA) is 29.5 Å². The maximum absolute atomic E-state index is 10.6. The fourth-order valence-corrected chi connectivity index (χ4v) is 3.13. The molecule has 2 nitrogen and oxygen atoms in total. The van der Waals surface area contributed by atoms with Crippen LogP contribution in [0.25, 0.3) is 0 Å². The van der Waals surface area contributed by atoms with Gasteiger partial charge in [0.2, 0.25) is 0 Å². The number of aliphatic hydroxyl groups excluding tert-OH is 1. The first kappa shape index (κ1) is 14.7. The molecular formula is C16H23ClO2. The summed E-state index contributed by atoms with van der Waals surface area (Å²) in [5.41, 5.74) is 0.923. The summed E-state index contributed by atoms with van der Waals surface area (Å²) in [6.45, 7) is 0. The Morgan fingerprint density at radius 3 is 2.42 bits per heavy atom. The van der Waals surface area contributed by atoms with Crippen LogP contribution in [-0.4, -0.2) is 12.2 Å². The van der Waals surface area contributed by atoms with Gasteiger partial charge in [0.15, 0.2) is 0 Å². The van der Waals surface area contributed by atoms with Gasteiger partial charge in [0, 0.05) is 0 Å². The molecule has 2 rings (SSSR count). The summed E-state index contributed by atoms with van der Waals surface area (Å²) < 4.78 is 5.22. The minimum absolute atomic E-state index is 0.367. The zero-order valence-electron chi connectivity index (χ0n) is 11.6. The number of benzene rings is 1. The second-order valence-electron chi connectivity index (χ2n) is 5.44. The van der Waals surface area contributed by atoms with Gasteiger partial charge in [0.25, 0.3) is 0 Å². The minimum Gasteiger partial charge on any atom is -0.495 e. The van der Waals surface area contributed by atoms with Crippen LogP contribution in [-0.2, 0) is 0 Å². The standard InChI is InChI=1S/C16H23ClO2/c1-19-15-11-13(9-10-14(15)17)16(18)12-7-5-3-2-4-6-8-12/h9-12,16,18H,2-8H2,1H3. The SMILES string of the molecule is COc1cc(C(O)C2CCCCCCC2)ccc1Cl. The highest BCUT2D eigenvalue weighted by Crippen LogP contribution is 2.35. The molecule has 1 aromatic rings. The van der Waals surface area contributed by atoms with Gasteiger partial charge >= 0.3 is 0 Å². The van der Waals surface area contributed by atoms with Crippen LogP contribution in [0.3, 0.4) is 0 Å². The number of aliphatic hydroxyl groups is 1. The number of ether oxygens (including phenoxy) is 1. The lowest BCUT2D eigenvalue weighted by Crippen LogP contribution is -2.14. The molecule has 0 aromatic heterocycles. The van der Waals surface area contributed by atoms with Crippen molar-refractivity contribution in [3.05, 3.63) is 28.8 Å². The molecule has 0 heterocycles. The van der Waals surface area contributed by atoms with E-state index in [0.29, 0.717) is 16.7 Å². The van der Waals surface area contributed by atoms with E-state index in [1.165, 1.54) is 32.1 Å². The van der Waals surface area contributed by atoms with Gasteiger partial charge in [0.05, 0.1) is 18.2 Å². The van der Waals surface area contributed by atoms with Crippen molar-refractivity contribution in [1.82, 2.24) is 0 Å². The van der Waals surface area contributed by atoms with E-state index >= 15 is 0 Å². The molecule has 0 aliphatic heterocycles. The van der Waals surface area contributed by atoms with Crippen LogP contribution < -0.4 is 4.74 Å². The average Bonchev–Trinajstić information content (AvgIpc) is 2.38. The Kier molecular flexibility index (Phi) is 5.53. The number of halogens is 1. The van der Waals surface area contributed by atoms with Crippen molar-refractivity contribution >= 4 is 11.6 Å². The Morgan fingerprint density at radius 1 is 1.16 bits per heavy atom. The molecule has 1 N–H and O–H groups in total. The number of hydrogen-bond acceptors (Lipinski definition) is 2. The van der Waals surface area contributed by atoms with E-state index in [0.717, 1.165) is 18.4 Å². The monoisotopic (exact) mass is 282 g/mol. The van der Waals surface area contributed by atoms with Crippen molar-refractivity contribution in [1.29, 1.82) is 0 Å². The number of methoxy groups -OCH3 is 1. The van der Waals surface area contributed by atoms with Crippen LogP contribution in [0, 0.1) is 5.92 Å². The summed E-state index contributed by atoms with van der Waals surface area (Å²) in [6.07, 6.45) is 8.24. The Balaban J connectivity index is 2.10. The van der Waals surface area contributed by atoms with Crippen LogP contribution in [0.15, 0.2) is 18.2 Å². The molecule has 1 fully saturated rings. The van der Waals surface area contributed by atoms with Gasteiger partial charge in [0.1, 0.15) is 5.75 Å². The van der Waals surface area contributed by atoms with E-state index in [4.69, 9.17) is 16.3 Å². The lowest BCUT2D eigenvalue weighted by Gasteiger charge is -2.25. The molecule has 19 heavy (non-hydrogen) atoms. The van der Waals surface area contributed by atoms with E-state index in [2.05, 4.69) is 0 Å². The molecule has 1 unspecified atom stereocenters. The number of hydrogen-bond donors (Lipinski definition) is 1. The van der Waals surface area contributed by atoms with Crippen molar-refractivity contribution in [3.8, 4) is 5.75 Å². The molecule has 0 radical (unpaired) electrons. The highest BCUT2D eigenvalue weighted by Gasteiger charge is 2.22. The second kappa shape index (κ2) is 7.16. The Labute approximate surface area is 120 Å². The first-order valence-corrected chi connectivity index (χ1v) is 7.61. The molecule has 3 heteroatoms. The summed E-state index contributed by atoms with van der Waals surface area (Å²) >= 11 is 6.03. The molecule has 0 spiro atoms. The van der Waals surface area contributed by atoms with E-state index in [9.17, 15) is 5.11 Å². The van der Waals surface area contributed by atoms with Gasteiger partial charge in [-0.1, -0.05) is 49.8 Å². The van der Waals surface area contributed by atoms with Crippen LogP contribution >= 0.6 is 11.6 Å². The van der Waals surface area contributed by atoms with Crippen molar-refractivity contribution in [2.45, 2.75) is 51.0 Å². The van der Waals surface area contributed by atoms with Crippen molar-refractivity contribution < 1.29 is 9.84 Å². The largest absolute Gasteiger partial charge is 0.495 e. The van der Waals surface area contributed by atoms with Crippen LogP contribution in [0.1, 0.15) is 56.6 Å². The predicted molar refractivity (Wildman–Crippen MR) is 78.8 cm³/mol. The third-order valence-electron chi connectivity index (χ3n) is 4.11. The quantitative estimate of drug-likeness (QED) is 0.867. The fourth-order valence-electron chi connectivity index (χ4n) is 2.94. The van der Waals surface area contributed by atoms with Gasteiger partial charge in [-0.15, -0.1) is 0 Å². The lowest BCUT2D eigenvalue weighted by molar-refractivity contribution is 0.0910. The highest BCUT2D eigenvalue weighted by atomic mass is 35.5. The summed E-state index contributed by atoms with van der Waals surface area (Å²) in [5.74, 6) is 1.01. The third-order valence-corrected chi connectivity index (χ3v) is 4.43. The van der Waals surface area contributed by atoms with E-state index < -0.39 is 6.10 Å². The molecule has 0 bridgehead atoms. The first-order valence-electron chi connectivity index (χ1n) is 7.24. The molecule has 1 aromatic carbocycles. The summed E-state index contributed by atoms with van der Waals surface area (Å²) in [5, 5.41) is 11.2. The zero-order chi connectivity index (χ0) is 13.7. The van der Waals surface area contributed by atoms with Crippen LogP contribution in [0.4, 0.5) is 0 Å². The third kappa shape index (κ3) is 3.87. The maximum Gasteiger partial charge on any atom is 0.137 e. The van der Waals surface area contributed by atoms with Gasteiger partial charge < -0.3 is 9.84 Å². The van der Waals surface area contributed by atoms with Gasteiger partial charge in [-0.2, -0.15) is 0 Å². The molecule has 1 aliphatic rings.